The molecule has 0 atom stereocenters. The van der Waals surface area contributed by atoms with E-state index in [1.165, 1.54) is 0 Å². The van der Waals surface area contributed by atoms with Gasteiger partial charge >= 0.3 is 11.8 Å². The van der Waals surface area contributed by atoms with Crippen molar-refractivity contribution < 1.29 is 35.1 Å². The predicted octanol–water partition coefficient (Wildman–Crippen LogP) is 3.79. The zero-order valence-corrected chi connectivity index (χ0v) is 8.02. The molecule has 8 heteroatoms. The maximum atomic E-state index is 13.0. The van der Waals surface area contributed by atoms with Gasteiger partial charge in [0, 0.05) is 6.92 Å². The average Bonchev–Trinajstić information content (AvgIpc) is 2.12. The maximum absolute atomic E-state index is 13.0. The van der Waals surface area contributed by atoms with E-state index in [2.05, 4.69) is 0 Å². The van der Waals surface area contributed by atoms with Crippen molar-refractivity contribution in [1.29, 1.82) is 0 Å². The Hall–Kier alpha value is -1.34. The second-order valence-corrected chi connectivity index (χ2v) is 3.22. The first-order chi connectivity index (χ1) is 7.50. The second-order valence-electron chi connectivity index (χ2n) is 3.22. The third-order valence-electron chi connectivity index (χ3n) is 1.91. The molecular formula is C9H3F8. The van der Waals surface area contributed by atoms with Crippen molar-refractivity contribution in [2.24, 2.45) is 0 Å². The lowest BCUT2D eigenvalue weighted by molar-refractivity contribution is -0.208. The van der Waals surface area contributed by atoms with Gasteiger partial charge in [-0.1, -0.05) is 0 Å². The SMILES string of the molecule is CC(F)(F)C(F)(F)c1c(F)[c]c(F)c(F)c1F. The van der Waals surface area contributed by atoms with Crippen molar-refractivity contribution in [2.75, 3.05) is 0 Å². The lowest BCUT2D eigenvalue weighted by Crippen LogP contribution is -2.37. The summed E-state index contributed by atoms with van der Waals surface area (Å²) < 4.78 is 101. The van der Waals surface area contributed by atoms with Gasteiger partial charge < -0.3 is 0 Å². The van der Waals surface area contributed by atoms with E-state index in [1.807, 2.05) is 0 Å². The molecule has 1 aromatic rings. The summed E-state index contributed by atoms with van der Waals surface area (Å²) in [6, 6.07) is 0.764. The summed E-state index contributed by atoms with van der Waals surface area (Å²) in [6.45, 7) is -0.312. The molecule has 0 fully saturated rings. The monoisotopic (exact) mass is 263 g/mol. The minimum atomic E-state index is -5.33. The normalized spacial score (nSPS) is 13.0. The van der Waals surface area contributed by atoms with Crippen LogP contribution in [0.4, 0.5) is 35.1 Å². The highest BCUT2D eigenvalue weighted by molar-refractivity contribution is 5.27. The fourth-order valence-corrected chi connectivity index (χ4v) is 1.01. The molecule has 0 aromatic heterocycles. The van der Waals surface area contributed by atoms with Gasteiger partial charge in [-0.2, -0.15) is 17.6 Å². The van der Waals surface area contributed by atoms with E-state index in [0.29, 0.717) is 0 Å². The Balaban J connectivity index is 3.58. The smallest absolute Gasteiger partial charge is 0.206 e. The summed E-state index contributed by atoms with van der Waals surface area (Å²) in [7, 11) is 0. The Bertz CT molecular complexity index is 445. The molecule has 0 aliphatic carbocycles. The average molecular weight is 263 g/mol. The molecule has 1 radical (unpaired) electrons. The van der Waals surface area contributed by atoms with Gasteiger partial charge in [0.1, 0.15) is 11.4 Å². The maximum Gasteiger partial charge on any atom is 0.340 e. The third kappa shape index (κ3) is 2.07. The van der Waals surface area contributed by atoms with Crippen molar-refractivity contribution in [3.63, 3.8) is 0 Å². The molecule has 0 spiro atoms. The highest BCUT2D eigenvalue weighted by Gasteiger charge is 2.57. The van der Waals surface area contributed by atoms with Crippen LogP contribution in [0.25, 0.3) is 0 Å². The van der Waals surface area contributed by atoms with Crippen molar-refractivity contribution in [1.82, 2.24) is 0 Å². The lowest BCUT2D eigenvalue weighted by Gasteiger charge is -2.24. The predicted molar refractivity (Wildman–Crippen MR) is 39.6 cm³/mol. The molecule has 0 nitrogen and oxygen atoms in total. The van der Waals surface area contributed by atoms with Crippen LogP contribution in [-0.2, 0) is 5.92 Å². The molecule has 95 valence electrons. The van der Waals surface area contributed by atoms with Crippen molar-refractivity contribution >= 4 is 0 Å². The molecule has 0 heterocycles. The summed E-state index contributed by atoms with van der Waals surface area (Å²) in [6.07, 6.45) is 0. The minimum Gasteiger partial charge on any atom is -0.206 e. The van der Waals surface area contributed by atoms with Crippen LogP contribution in [0.3, 0.4) is 0 Å². The molecule has 17 heavy (non-hydrogen) atoms. The van der Waals surface area contributed by atoms with Crippen LogP contribution in [-0.4, -0.2) is 5.92 Å². The van der Waals surface area contributed by atoms with E-state index < -0.39 is 40.7 Å². The van der Waals surface area contributed by atoms with Crippen LogP contribution in [0.2, 0.25) is 0 Å². The Kier molecular flexibility index (Phi) is 3.11. The Labute approximate surface area is 89.9 Å². The van der Waals surface area contributed by atoms with E-state index >= 15 is 0 Å². The van der Waals surface area contributed by atoms with E-state index in [1.54, 1.807) is 0 Å². The topological polar surface area (TPSA) is 0 Å². The van der Waals surface area contributed by atoms with Gasteiger partial charge in [-0.3, -0.25) is 0 Å². The van der Waals surface area contributed by atoms with Crippen LogP contribution in [0.1, 0.15) is 12.5 Å². The summed E-state index contributed by atoms with van der Waals surface area (Å²) in [5.41, 5.74) is -2.55. The molecule has 0 aliphatic rings. The van der Waals surface area contributed by atoms with Crippen molar-refractivity contribution in [3.05, 3.63) is 34.9 Å². The van der Waals surface area contributed by atoms with Crippen LogP contribution in [0.15, 0.2) is 0 Å². The Morgan fingerprint density at radius 2 is 1.29 bits per heavy atom. The van der Waals surface area contributed by atoms with E-state index in [-0.39, 0.29) is 6.92 Å². The van der Waals surface area contributed by atoms with Gasteiger partial charge in [0.2, 0.25) is 0 Å². The zero-order valence-electron chi connectivity index (χ0n) is 8.02. The number of rotatable bonds is 2. The molecule has 0 N–H and O–H groups in total. The van der Waals surface area contributed by atoms with Crippen LogP contribution < -0.4 is 0 Å². The van der Waals surface area contributed by atoms with Crippen LogP contribution in [0, 0.1) is 29.3 Å². The highest BCUT2D eigenvalue weighted by Crippen LogP contribution is 2.45. The third-order valence-corrected chi connectivity index (χ3v) is 1.91. The van der Waals surface area contributed by atoms with Gasteiger partial charge in [-0.15, -0.1) is 0 Å². The van der Waals surface area contributed by atoms with Gasteiger partial charge in [-0.05, 0) is 0 Å². The van der Waals surface area contributed by atoms with Crippen molar-refractivity contribution in [2.45, 2.75) is 18.8 Å². The standard InChI is InChI=1S/C9H3F8/c1-8(14,15)9(16,17)5-3(10)2-4(11)6(12)7(5)13/h1H3. The van der Waals surface area contributed by atoms with Gasteiger partial charge in [0.05, 0.1) is 6.07 Å². The summed E-state index contributed by atoms with van der Waals surface area (Å²) in [4.78, 5) is 0. The fraction of sp³-hybridized carbons (Fsp3) is 0.333. The summed E-state index contributed by atoms with van der Waals surface area (Å²) in [5.74, 6) is -20.0. The van der Waals surface area contributed by atoms with E-state index in [4.69, 9.17) is 0 Å². The molecule has 1 aromatic carbocycles. The number of benzene rings is 1. The largest absolute Gasteiger partial charge is 0.340 e. The van der Waals surface area contributed by atoms with Crippen LogP contribution in [0.5, 0.6) is 0 Å². The van der Waals surface area contributed by atoms with Gasteiger partial charge in [-0.25, -0.2) is 17.6 Å². The van der Waals surface area contributed by atoms with Gasteiger partial charge in [0.25, 0.3) is 0 Å². The molecule has 0 amide bonds. The molecular weight excluding hydrogens is 260 g/mol. The Morgan fingerprint density at radius 1 is 0.824 bits per heavy atom. The molecule has 0 unspecified atom stereocenters. The summed E-state index contributed by atoms with van der Waals surface area (Å²) in [5, 5.41) is 0. The molecule has 0 aliphatic heterocycles. The molecule has 0 bridgehead atoms. The van der Waals surface area contributed by atoms with E-state index in [9.17, 15) is 35.1 Å². The lowest BCUT2D eigenvalue weighted by atomic mass is 10.0. The molecule has 0 saturated heterocycles. The first-order valence-electron chi connectivity index (χ1n) is 4.01. The number of hydrogen-bond acceptors (Lipinski definition) is 0. The second kappa shape index (κ2) is 3.85. The number of alkyl halides is 4. The zero-order chi connectivity index (χ0) is 13.6. The summed E-state index contributed by atoms with van der Waals surface area (Å²) >= 11 is 0. The van der Waals surface area contributed by atoms with Crippen LogP contribution >= 0.6 is 0 Å². The number of halogens is 8. The fourth-order valence-electron chi connectivity index (χ4n) is 1.01. The van der Waals surface area contributed by atoms with Crippen molar-refractivity contribution in [3.8, 4) is 0 Å². The number of hydrogen-bond donors (Lipinski definition) is 0. The molecule has 0 saturated carbocycles. The first-order valence-corrected chi connectivity index (χ1v) is 4.01. The highest BCUT2D eigenvalue weighted by atomic mass is 19.3. The van der Waals surface area contributed by atoms with Gasteiger partial charge in [0.15, 0.2) is 17.5 Å². The molecule has 1 rings (SSSR count). The quantitative estimate of drug-likeness (QED) is 0.432. The Morgan fingerprint density at radius 3 is 1.71 bits per heavy atom. The van der Waals surface area contributed by atoms with E-state index in [0.717, 1.165) is 6.07 Å². The minimum absolute atomic E-state index is 0.312. The first kappa shape index (κ1) is 13.7.